The Balaban J connectivity index is 1.78. The van der Waals surface area contributed by atoms with Crippen molar-refractivity contribution in [1.29, 1.82) is 0 Å². The van der Waals surface area contributed by atoms with Gasteiger partial charge in [-0.15, -0.1) is 11.3 Å². The number of rotatable bonds is 4. The van der Waals surface area contributed by atoms with Gasteiger partial charge in [0.25, 0.3) is 11.8 Å². The lowest BCUT2D eigenvalue weighted by molar-refractivity contribution is -0.123. The van der Waals surface area contributed by atoms with Gasteiger partial charge in [-0.25, -0.2) is 0 Å². The van der Waals surface area contributed by atoms with E-state index in [0.717, 1.165) is 31.4 Å². The second-order valence-corrected chi connectivity index (χ2v) is 6.74. The number of aliphatic hydroxyl groups is 1. The summed E-state index contributed by atoms with van der Waals surface area (Å²) in [6.45, 7) is 5.51. The molecule has 1 aliphatic rings. The molecule has 22 heavy (non-hydrogen) atoms. The summed E-state index contributed by atoms with van der Waals surface area (Å²) >= 11 is 1.45. The number of aryl methyl sites for hydroxylation is 2. The van der Waals surface area contributed by atoms with E-state index in [2.05, 4.69) is 17.8 Å². The van der Waals surface area contributed by atoms with Gasteiger partial charge in [-0.05, 0) is 44.4 Å². The van der Waals surface area contributed by atoms with Crippen molar-refractivity contribution < 1.29 is 14.7 Å². The van der Waals surface area contributed by atoms with Gasteiger partial charge in [0.05, 0.1) is 17.5 Å². The van der Waals surface area contributed by atoms with E-state index >= 15 is 0 Å². The van der Waals surface area contributed by atoms with Crippen LogP contribution in [0.5, 0.6) is 0 Å². The molecule has 1 saturated heterocycles. The van der Waals surface area contributed by atoms with Crippen LogP contribution in [0, 0.1) is 6.92 Å². The van der Waals surface area contributed by atoms with Crippen LogP contribution in [0.3, 0.4) is 0 Å². The number of amides is 2. The zero-order chi connectivity index (χ0) is 16.1. The maximum absolute atomic E-state index is 12.0. The average Bonchev–Trinajstić information content (AvgIpc) is 2.86. The number of likely N-dealkylation sites (tertiary alicyclic amines) is 1. The van der Waals surface area contributed by atoms with Crippen molar-refractivity contribution in [1.82, 2.24) is 15.8 Å². The van der Waals surface area contributed by atoms with Crippen molar-refractivity contribution in [2.45, 2.75) is 39.2 Å². The molecule has 6 nitrogen and oxygen atoms in total. The van der Waals surface area contributed by atoms with Crippen molar-refractivity contribution in [3.8, 4) is 0 Å². The second-order valence-electron chi connectivity index (χ2n) is 5.60. The van der Waals surface area contributed by atoms with Crippen LogP contribution in [-0.4, -0.2) is 47.6 Å². The van der Waals surface area contributed by atoms with E-state index in [4.69, 9.17) is 0 Å². The molecule has 2 heterocycles. The van der Waals surface area contributed by atoms with Crippen LogP contribution in [0.15, 0.2) is 6.07 Å². The molecule has 0 bridgehead atoms. The minimum atomic E-state index is -0.363. The fraction of sp³-hybridized carbons (Fsp3) is 0.600. The maximum Gasteiger partial charge on any atom is 0.279 e. The highest BCUT2D eigenvalue weighted by atomic mass is 32.1. The number of hydrogen-bond donors (Lipinski definition) is 3. The van der Waals surface area contributed by atoms with Crippen molar-refractivity contribution in [2.75, 3.05) is 19.6 Å². The fourth-order valence-electron chi connectivity index (χ4n) is 2.59. The van der Waals surface area contributed by atoms with Gasteiger partial charge in [-0.1, -0.05) is 6.92 Å². The number of aliphatic hydroxyl groups excluding tert-OH is 1. The third kappa shape index (κ3) is 4.53. The number of hydrazine groups is 1. The minimum absolute atomic E-state index is 0.182. The van der Waals surface area contributed by atoms with Gasteiger partial charge in [0.1, 0.15) is 0 Å². The van der Waals surface area contributed by atoms with Crippen LogP contribution in [0.2, 0.25) is 0 Å². The van der Waals surface area contributed by atoms with Gasteiger partial charge in [-0.2, -0.15) is 0 Å². The van der Waals surface area contributed by atoms with Gasteiger partial charge in [0.2, 0.25) is 0 Å². The molecule has 3 N–H and O–H groups in total. The number of piperidine rings is 1. The summed E-state index contributed by atoms with van der Waals surface area (Å²) in [5, 5.41) is 9.57. The number of β-amino-alcohol motifs (C(OH)–C–C–N with tert-alkyl or cyclic N) is 1. The zero-order valence-corrected chi connectivity index (χ0v) is 13.8. The molecule has 1 aromatic heterocycles. The highest BCUT2D eigenvalue weighted by molar-refractivity contribution is 7.14. The molecule has 7 heteroatoms. The lowest BCUT2D eigenvalue weighted by atomic mass is 10.1. The Morgan fingerprint density at radius 1 is 1.45 bits per heavy atom. The Bertz CT molecular complexity index is 544. The Morgan fingerprint density at radius 3 is 2.86 bits per heavy atom. The summed E-state index contributed by atoms with van der Waals surface area (Å²) in [4.78, 5) is 27.5. The van der Waals surface area contributed by atoms with Crippen LogP contribution in [0.1, 0.15) is 39.9 Å². The van der Waals surface area contributed by atoms with Crippen molar-refractivity contribution in [3.05, 3.63) is 21.4 Å². The fourth-order valence-corrected chi connectivity index (χ4v) is 3.60. The van der Waals surface area contributed by atoms with Crippen molar-refractivity contribution >= 4 is 23.2 Å². The molecule has 0 unspecified atom stereocenters. The predicted molar refractivity (Wildman–Crippen MR) is 85.7 cm³/mol. The number of carbonyl (C=O) groups excluding carboxylic acids is 2. The van der Waals surface area contributed by atoms with E-state index in [1.54, 1.807) is 0 Å². The molecule has 0 radical (unpaired) electrons. The van der Waals surface area contributed by atoms with E-state index in [1.807, 2.05) is 17.9 Å². The SMILES string of the molecule is CCc1sc(C(=O)NNC(=O)CN2CCC[C@@H](O)C2)cc1C. The first kappa shape index (κ1) is 16.9. The van der Waals surface area contributed by atoms with E-state index < -0.39 is 0 Å². The number of nitrogens with zero attached hydrogens (tertiary/aromatic N) is 1. The Kier molecular flexibility index (Phi) is 5.93. The molecular weight excluding hydrogens is 302 g/mol. The molecule has 0 spiro atoms. The molecule has 0 aliphatic carbocycles. The molecular formula is C15H23N3O3S. The highest BCUT2D eigenvalue weighted by Crippen LogP contribution is 2.21. The summed E-state index contributed by atoms with van der Waals surface area (Å²) in [5.41, 5.74) is 5.98. The number of carbonyl (C=O) groups is 2. The van der Waals surface area contributed by atoms with Crippen LogP contribution < -0.4 is 10.9 Å². The van der Waals surface area contributed by atoms with Gasteiger partial charge < -0.3 is 5.11 Å². The molecule has 122 valence electrons. The number of hydrogen-bond acceptors (Lipinski definition) is 5. The Labute approximate surface area is 134 Å². The minimum Gasteiger partial charge on any atom is -0.392 e. The maximum atomic E-state index is 12.0. The normalized spacial score (nSPS) is 19.0. The van der Waals surface area contributed by atoms with Crippen LogP contribution in [-0.2, 0) is 11.2 Å². The van der Waals surface area contributed by atoms with Gasteiger partial charge in [-0.3, -0.25) is 25.3 Å². The molecule has 1 atom stereocenters. The first-order valence-corrected chi connectivity index (χ1v) is 8.40. The van der Waals surface area contributed by atoms with Crippen LogP contribution in [0.25, 0.3) is 0 Å². The Morgan fingerprint density at radius 2 is 2.23 bits per heavy atom. The molecule has 1 aliphatic heterocycles. The molecule has 1 aromatic rings. The Hall–Kier alpha value is -1.44. The molecule has 1 fully saturated rings. The lowest BCUT2D eigenvalue weighted by Crippen LogP contribution is -2.48. The topological polar surface area (TPSA) is 81.7 Å². The largest absolute Gasteiger partial charge is 0.392 e. The first-order chi connectivity index (χ1) is 10.5. The molecule has 0 saturated carbocycles. The van der Waals surface area contributed by atoms with Crippen molar-refractivity contribution in [3.63, 3.8) is 0 Å². The third-order valence-corrected chi connectivity index (χ3v) is 5.11. The average molecular weight is 325 g/mol. The van der Waals surface area contributed by atoms with Crippen molar-refractivity contribution in [2.24, 2.45) is 0 Å². The third-order valence-electron chi connectivity index (χ3n) is 3.73. The van der Waals surface area contributed by atoms with Crippen LogP contribution >= 0.6 is 11.3 Å². The first-order valence-electron chi connectivity index (χ1n) is 7.58. The highest BCUT2D eigenvalue weighted by Gasteiger charge is 2.20. The lowest BCUT2D eigenvalue weighted by Gasteiger charge is -2.29. The van der Waals surface area contributed by atoms with E-state index in [0.29, 0.717) is 11.4 Å². The molecule has 2 rings (SSSR count). The van der Waals surface area contributed by atoms with Gasteiger partial charge in [0, 0.05) is 11.4 Å². The van der Waals surface area contributed by atoms with E-state index in [-0.39, 0.29) is 24.5 Å². The van der Waals surface area contributed by atoms with E-state index in [1.165, 1.54) is 16.2 Å². The molecule has 0 aromatic carbocycles. The summed E-state index contributed by atoms with van der Waals surface area (Å²) in [7, 11) is 0. The predicted octanol–water partition coefficient (Wildman–Crippen LogP) is 0.837. The number of thiophene rings is 1. The van der Waals surface area contributed by atoms with E-state index in [9.17, 15) is 14.7 Å². The summed E-state index contributed by atoms with van der Waals surface area (Å²) < 4.78 is 0. The second kappa shape index (κ2) is 7.71. The molecule has 2 amide bonds. The quantitative estimate of drug-likeness (QED) is 0.717. The summed E-state index contributed by atoms with van der Waals surface area (Å²) in [6, 6.07) is 1.84. The van der Waals surface area contributed by atoms with Gasteiger partial charge in [0.15, 0.2) is 0 Å². The van der Waals surface area contributed by atoms with Crippen LogP contribution in [0.4, 0.5) is 0 Å². The standard InChI is InChI=1S/C15H23N3O3S/c1-3-12-10(2)7-13(22-12)15(21)17-16-14(20)9-18-6-4-5-11(19)8-18/h7,11,19H,3-6,8-9H2,1-2H3,(H,16,20)(H,17,21)/t11-/m1/s1. The smallest absolute Gasteiger partial charge is 0.279 e. The summed E-state index contributed by atoms with van der Waals surface area (Å²) in [5.74, 6) is -0.564. The number of nitrogens with one attached hydrogen (secondary N) is 2. The summed E-state index contributed by atoms with van der Waals surface area (Å²) in [6.07, 6.45) is 2.20. The zero-order valence-electron chi connectivity index (χ0n) is 13.0. The van der Waals surface area contributed by atoms with Gasteiger partial charge >= 0.3 is 0 Å². The monoisotopic (exact) mass is 325 g/mol.